The van der Waals surface area contributed by atoms with Gasteiger partial charge >= 0.3 is 0 Å². The number of halogens is 1. The summed E-state index contributed by atoms with van der Waals surface area (Å²) in [7, 11) is 0. The van der Waals surface area contributed by atoms with E-state index in [9.17, 15) is 9.50 Å². The summed E-state index contributed by atoms with van der Waals surface area (Å²) in [6.07, 6.45) is 0. The number of hydrogen-bond acceptors (Lipinski definition) is 2. The van der Waals surface area contributed by atoms with Gasteiger partial charge in [0, 0.05) is 17.1 Å². The number of rotatable bonds is 1. The molecule has 0 radical (unpaired) electrons. The van der Waals surface area contributed by atoms with Gasteiger partial charge in [0.2, 0.25) is 0 Å². The number of aromatic nitrogens is 1. The van der Waals surface area contributed by atoms with Gasteiger partial charge in [-0.3, -0.25) is 0 Å². The maximum atomic E-state index is 12.8. The van der Waals surface area contributed by atoms with Crippen molar-refractivity contribution in [3.05, 3.63) is 29.7 Å². The molecule has 0 atom stereocenters. The summed E-state index contributed by atoms with van der Waals surface area (Å²) in [6.45, 7) is -0.157. The molecule has 1 aromatic heterocycles. The number of aliphatic hydroxyl groups is 1. The van der Waals surface area contributed by atoms with Gasteiger partial charge in [-0.1, -0.05) is 0 Å². The lowest BCUT2D eigenvalue weighted by molar-refractivity contribution is 0.278. The van der Waals surface area contributed by atoms with Gasteiger partial charge in [0.05, 0.1) is 12.1 Å². The Morgan fingerprint density at radius 3 is 2.77 bits per heavy atom. The van der Waals surface area contributed by atoms with Gasteiger partial charge in [-0.25, -0.2) is 4.39 Å². The van der Waals surface area contributed by atoms with Crippen molar-refractivity contribution in [2.45, 2.75) is 6.61 Å². The molecule has 2 aromatic rings. The molecule has 0 amide bonds. The van der Waals surface area contributed by atoms with E-state index in [-0.39, 0.29) is 12.4 Å². The SMILES string of the molecule is OCc1cc2c(O)cc(F)cc2[nH]1. The number of hydrogen-bond donors (Lipinski definition) is 3. The Morgan fingerprint density at radius 2 is 2.08 bits per heavy atom. The first-order chi connectivity index (χ1) is 6.20. The fraction of sp³-hybridized carbons (Fsp3) is 0.111. The molecule has 0 aliphatic heterocycles. The van der Waals surface area contributed by atoms with Crippen LogP contribution in [-0.2, 0) is 6.61 Å². The van der Waals surface area contributed by atoms with Crippen LogP contribution < -0.4 is 0 Å². The van der Waals surface area contributed by atoms with Crippen molar-refractivity contribution in [2.75, 3.05) is 0 Å². The number of phenols is 1. The van der Waals surface area contributed by atoms with Crippen LogP contribution in [0.2, 0.25) is 0 Å². The maximum absolute atomic E-state index is 12.8. The highest BCUT2D eigenvalue weighted by Gasteiger charge is 2.06. The summed E-state index contributed by atoms with van der Waals surface area (Å²) in [4.78, 5) is 2.78. The summed E-state index contributed by atoms with van der Waals surface area (Å²) < 4.78 is 12.8. The molecule has 0 unspecified atom stereocenters. The van der Waals surface area contributed by atoms with Crippen LogP contribution in [0.5, 0.6) is 5.75 Å². The van der Waals surface area contributed by atoms with E-state index in [0.717, 1.165) is 6.07 Å². The molecule has 0 saturated carbocycles. The van der Waals surface area contributed by atoms with Crippen molar-refractivity contribution < 1.29 is 14.6 Å². The Morgan fingerprint density at radius 1 is 1.31 bits per heavy atom. The Labute approximate surface area is 73.4 Å². The molecule has 0 saturated heterocycles. The second kappa shape index (κ2) is 2.74. The number of aliphatic hydroxyl groups excluding tert-OH is 1. The predicted molar refractivity (Wildman–Crippen MR) is 45.8 cm³/mol. The molecule has 0 spiro atoms. The monoisotopic (exact) mass is 181 g/mol. The largest absolute Gasteiger partial charge is 0.507 e. The summed E-state index contributed by atoms with van der Waals surface area (Å²) in [6, 6.07) is 3.90. The third kappa shape index (κ3) is 1.25. The van der Waals surface area contributed by atoms with Crippen molar-refractivity contribution in [3.63, 3.8) is 0 Å². The predicted octanol–water partition coefficient (Wildman–Crippen LogP) is 1.50. The smallest absolute Gasteiger partial charge is 0.129 e. The molecule has 1 aromatic carbocycles. The summed E-state index contributed by atoms with van der Waals surface area (Å²) in [5.74, 6) is -0.623. The second-order valence-corrected chi connectivity index (χ2v) is 2.84. The van der Waals surface area contributed by atoms with E-state index < -0.39 is 5.82 Å². The number of phenolic OH excluding ortho intramolecular Hbond substituents is 1. The summed E-state index contributed by atoms with van der Waals surface area (Å²) in [5, 5.41) is 18.6. The molecule has 3 nitrogen and oxygen atoms in total. The van der Waals surface area contributed by atoms with Gasteiger partial charge in [-0.15, -0.1) is 0 Å². The fourth-order valence-corrected chi connectivity index (χ4v) is 1.33. The van der Waals surface area contributed by atoms with E-state index in [1.54, 1.807) is 6.07 Å². The molecule has 0 fully saturated rings. The van der Waals surface area contributed by atoms with Crippen LogP contribution in [-0.4, -0.2) is 15.2 Å². The van der Waals surface area contributed by atoms with E-state index in [1.807, 2.05) is 0 Å². The number of fused-ring (bicyclic) bond motifs is 1. The lowest BCUT2D eigenvalue weighted by Crippen LogP contribution is -1.79. The van der Waals surface area contributed by atoms with Crippen molar-refractivity contribution in [1.29, 1.82) is 0 Å². The Kier molecular flexibility index (Phi) is 1.70. The van der Waals surface area contributed by atoms with Crippen molar-refractivity contribution in [1.82, 2.24) is 4.98 Å². The van der Waals surface area contributed by atoms with Crippen LogP contribution in [0.15, 0.2) is 18.2 Å². The normalized spacial score (nSPS) is 10.9. The zero-order valence-electron chi connectivity index (χ0n) is 6.71. The van der Waals surface area contributed by atoms with Gasteiger partial charge in [-0.05, 0) is 12.1 Å². The standard InChI is InChI=1S/C9H8FNO2/c10-5-1-8-7(9(13)2-5)3-6(4-12)11-8/h1-3,11-13H,4H2. The molecule has 3 N–H and O–H groups in total. The minimum atomic E-state index is -0.503. The van der Waals surface area contributed by atoms with Crippen LogP contribution in [0, 0.1) is 5.82 Å². The molecule has 1 heterocycles. The van der Waals surface area contributed by atoms with E-state index in [2.05, 4.69) is 4.98 Å². The highest BCUT2D eigenvalue weighted by Crippen LogP contribution is 2.26. The van der Waals surface area contributed by atoms with Gasteiger partial charge in [-0.2, -0.15) is 0 Å². The average Bonchev–Trinajstić information content (AvgIpc) is 2.47. The summed E-state index contributed by atoms with van der Waals surface area (Å²) >= 11 is 0. The zero-order valence-corrected chi connectivity index (χ0v) is 6.71. The van der Waals surface area contributed by atoms with Gasteiger partial charge in [0.1, 0.15) is 11.6 Å². The molecule has 4 heteroatoms. The Bertz CT molecular complexity index is 450. The average molecular weight is 181 g/mol. The first-order valence-corrected chi connectivity index (χ1v) is 3.81. The highest BCUT2D eigenvalue weighted by molar-refractivity contribution is 5.86. The van der Waals surface area contributed by atoms with E-state index in [4.69, 9.17) is 5.11 Å². The van der Waals surface area contributed by atoms with Crippen LogP contribution >= 0.6 is 0 Å². The third-order valence-corrected chi connectivity index (χ3v) is 1.91. The van der Waals surface area contributed by atoms with E-state index in [1.165, 1.54) is 6.07 Å². The lowest BCUT2D eigenvalue weighted by atomic mass is 10.2. The quantitative estimate of drug-likeness (QED) is 0.624. The minimum absolute atomic E-state index is 0.119. The number of aromatic amines is 1. The molecule has 0 bridgehead atoms. The molecule has 68 valence electrons. The van der Waals surface area contributed by atoms with Crippen LogP contribution in [0.1, 0.15) is 5.69 Å². The van der Waals surface area contributed by atoms with E-state index in [0.29, 0.717) is 16.6 Å². The number of H-pyrrole nitrogens is 1. The van der Waals surface area contributed by atoms with Gasteiger partial charge < -0.3 is 15.2 Å². The molecule has 0 aliphatic carbocycles. The minimum Gasteiger partial charge on any atom is -0.507 e. The topological polar surface area (TPSA) is 56.2 Å². The molecule has 2 rings (SSSR count). The molecular formula is C9H8FNO2. The highest BCUT2D eigenvalue weighted by atomic mass is 19.1. The lowest BCUT2D eigenvalue weighted by Gasteiger charge is -1.94. The van der Waals surface area contributed by atoms with Crippen molar-refractivity contribution >= 4 is 10.9 Å². The molecule has 0 aliphatic rings. The maximum Gasteiger partial charge on any atom is 0.129 e. The van der Waals surface area contributed by atoms with Crippen molar-refractivity contribution in [3.8, 4) is 5.75 Å². The Hall–Kier alpha value is -1.55. The third-order valence-electron chi connectivity index (χ3n) is 1.91. The fourth-order valence-electron chi connectivity index (χ4n) is 1.33. The number of benzene rings is 1. The number of aromatic hydroxyl groups is 1. The van der Waals surface area contributed by atoms with Crippen LogP contribution in [0.4, 0.5) is 4.39 Å². The molecular weight excluding hydrogens is 173 g/mol. The first kappa shape index (κ1) is 8.07. The van der Waals surface area contributed by atoms with E-state index >= 15 is 0 Å². The number of nitrogens with one attached hydrogen (secondary N) is 1. The van der Waals surface area contributed by atoms with Crippen LogP contribution in [0.25, 0.3) is 10.9 Å². The van der Waals surface area contributed by atoms with Crippen molar-refractivity contribution in [2.24, 2.45) is 0 Å². The zero-order chi connectivity index (χ0) is 9.42. The van der Waals surface area contributed by atoms with Gasteiger partial charge in [0.15, 0.2) is 0 Å². The first-order valence-electron chi connectivity index (χ1n) is 3.81. The summed E-state index contributed by atoms with van der Waals surface area (Å²) in [5.41, 5.74) is 1.04. The Balaban J connectivity index is 2.75. The van der Waals surface area contributed by atoms with Gasteiger partial charge in [0.25, 0.3) is 0 Å². The van der Waals surface area contributed by atoms with Crippen LogP contribution in [0.3, 0.4) is 0 Å². The molecule has 13 heavy (non-hydrogen) atoms. The second-order valence-electron chi connectivity index (χ2n) is 2.84.